The van der Waals surface area contributed by atoms with Crippen molar-refractivity contribution in [1.29, 1.82) is 0 Å². The fourth-order valence-corrected chi connectivity index (χ4v) is 3.31. The Morgan fingerprint density at radius 1 is 1.29 bits per heavy atom. The number of rotatable bonds is 8. The molecule has 0 aliphatic carbocycles. The zero-order valence-electron chi connectivity index (χ0n) is 13.1. The average molecular weight is 401 g/mol. The minimum absolute atomic E-state index is 0.501. The Morgan fingerprint density at radius 2 is 2.10 bits per heavy atom. The highest BCUT2D eigenvalue weighted by atomic mass is 127. The van der Waals surface area contributed by atoms with Gasteiger partial charge in [0, 0.05) is 16.2 Å². The van der Waals surface area contributed by atoms with Gasteiger partial charge in [-0.05, 0) is 91.8 Å². The molecule has 0 amide bonds. The maximum atomic E-state index is 5.87. The molecule has 2 atom stereocenters. The Bertz CT molecular complexity index is 387. The first-order valence-electron chi connectivity index (χ1n) is 8.37. The van der Waals surface area contributed by atoms with Gasteiger partial charge in [0.2, 0.25) is 0 Å². The Kier molecular flexibility index (Phi) is 8.04. The highest BCUT2D eigenvalue weighted by molar-refractivity contribution is 14.1. The van der Waals surface area contributed by atoms with E-state index in [0.717, 1.165) is 19.6 Å². The van der Waals surface area contributed by atoms with Gasteiger partial charge in [0.05, 0.1) is 6.10 Å². The van der Waals surface area contributed by atoms with Crippen molar-refractivity contribution in [3.63, 3.8) is 0 Å². The largest absolute Gasteiger partial charge is 0.378 e. The van der Waals surface area contributed by atoms with Gasteiger partial charge in [-0.15, -0.1) is 0 Å². The molecular weight excluding hydrogens is 373 g/mol. The molecule has 1 saturated heterocycles. The van der Waals surface area contributed by atoms with Gasteiger partial charge in [0.1, 0.15) is 0 Å². The molecule has 1 fully saturated rings. The van der Waals surface area contributed by atoms with Gasteiger partial charge in [-0.1, -0.05) is 19.1 Å². The lowest BCUT2D eigenvalue weighted by atomic mass is 9.97. The first kappa shape index (κ1) is 17.2. The molecule has 1 heterocycles. The Morgan fingerprint density at radius 3 is 2.76 bits per heavy atom. The highest BCUT2D eigenvalue weighted by Gasteiger charge is 2.16. The van der Waals surface area contributed by atoms with Crippen LogP contribution in [0.1, 0.15) is 51.0 Å². The highest BCUT2D eigenvalue weighted by Crippen LogP contribution is 2.19. The summed E-state index contributed by atoms with van der Waals surface area (Å²) in [6.07, 6.45) is 9.09. The van der Waals surface area contributed by atoms with Crippen LogP contribution in [-0.2, 0) is 11.2 Å². The maximum absolute atomic E-state index is 5.87. The molecule has 1 aliphatic rings. The fourth-order valence-electron chi connectivity index (χ4n) is 2.95. The van der Waals surface area contributed by atoms with Gasteiger partial charge in [-0.25, -0.2) is 0 Å². The summed E-state index contributed by atoms with van der Waals surface area (Å²) in [4.78, 5) is 0. The van der Waals surface area contributed by atoms with E-state index in [1.165, 1.54) is 47.7 Å². The molecule has 0 aromatic heterocycles. The van der Waals surface area contributed by atoms with Gasteiger partial charge in [-0.3, -0.25) is 0 Å². The average Bonchev–Trinajstić information content (AvgIpc) is 2.53. The van der Waals surface area contributed by atoms with Crippen LogP contribution in [0.4, 0.5) is 0 Å². The van der Waals surface area contributed by atoms with E-state index < -0.39 is 0 Å². The molecule has 118 valence electrons. The van der Waals surface area contributed by atoms with Gasteiger partial charge in [0.25, 0.3) is 0 Å². The number of benzene rings is 1. The van der Waals surface area contributed by atoms with Crippen LogP contribution in [0.2, 0.25) is 0 Å². The second-order valence-corrected chi connectivity index (χ2v) is 7.29. The van der Waals surface area contributed by atoms with E-state index in [1.54, 1.807) is 0 Å². The Hall–Kier alpha value is -0.130. The lowest BCUT2D eigenvalue weighted by Crippen LogP contribution is -2.33. The molecular formula is C18H28INO. The Labute approximate surface area is 143 Å². The lowest BCUT2D eigenvalue weighted by molar-refractivity contribution is 0.00858. The lowest BCUT2D eigenvalue weighted by Gasteiger charge is -2.25. The molecule has 2 unspecified atom stereocenters. The molecule has 1 aromatic rings. The van der Waals surface area contributed by atoms with Gasteiger partial charge in [0.15, 0.2) is 0 Å². The van der Waals surface area contributed by atoms with Gasteiger partial charge in [-0.2, -0.15) is 0 Å². The maximum Gasteiger partial charge on any atom is 0.0575 e. The molecule has 2 nitrogen and oxygen atoms in total. The van der Waals surface area contributed by atoms with E-state index in [1.807, 2.05) is 0 Å². The first-order chi connectivity index (χ1) is 10.3. The minimum atomic E-state index is 0.501. The summed E-state index contributed by atoms with van der Waals surface area (Å²) < 4.78 is 7.18. The molecule has 2 rings (SSSR count). The quantitative estimate of drug-likeness (QED) is 0.646. The van der Waals surface area contributed by atoms with Crippen LogP contribution in [-0.4, -0.2) is 25.3 Å². The van der Waals surface area contributed by atoms with E-state index >= 15 is 0 Å². The van der Waals surface area contributed by atoms with Crippen molar-refractivity contribution in [3.8, 4) is 0 Å². The number of hydrogen-bond acceptors (Lipinski definition) is 2. The monoisotopic (exact) mass is 401 g/mol. The van der Waals surface area contributed by atoms with Crippen LogP contribution < -0.4 is 5.32 Å². The molecule has 0 bridgehead atoms. The standard InChI is InChI=1S/C18H28INO/c1-2-12-20-17(10-11-18-5-3-4-13-21-18)14-15-6-8-16(19)9-7-15/h6-9,17-18,20H,2-5,10-14H2,1H3. The number of hydrogen-bond donors (Lipinski definition) is 1. The minimum Gasteiger partial charge on any atom is -0.378 e. The zero-order valence-corrected chi connectivity index (χ0v) is 15.3. The summed E-state index contributed by atoms with van der Waals surface area (Å²) in [7, 11) is 0. The van der Waals surface area contributed by atoms with Gasteiger partial charge < -0.3 is 10.1 Å². The van der Waals surface area contributed by atoms with Crippen LogP contribution in [0.3, 0.4) is 0 Å². The Balaban J connectivity index is 1.82. The van der Waals surface area contributed by atoms with Crippen molar-refractivity contribution < 1.29 is 4.74 Å². The van der Waals surface area contributed by atoms with Crippen molar-refractivity contribution in [2.45, 2.75) is 64.0 Å². The molecule has 0 radical (unpaired) electrons. The third-order valence-electron chi connectivity index (χ3n) is 4.19. The second-order valence-electron chi connectivity index (χ2n) is 6.05. The predicted molar refractivity (Wildman–Crippen MR) is 97.8 cm³/mol. The van der Waals surface area contributed by atoms with Crippen molar-refractivity contribution in [3.05, 3.63) is 33.4 Å². The van der Waals surface area contributed by atoms with Crippen LogP contribution in [0, 0.1) is 3.57 Å². The smallest absolute Gasteiger partial charge is 0.0575 e. The molecule has 1 aliphatic heterocycles. The summed E-state index contributed by atoms with van der Waals surface area (Å²) >= 11 is 2.37. The molecule has 3 heteroatoms. The van der Waals surface area contributed by atoms with Crippen molar-refractivity contribution in [2.75, 3.05) is 13.2 Å². The van der Waals surface area contributed by atoms with Crippen molar-refractivity contribution in [2.24, 2.45) is 0 Å². The molecule has 1 aromatic carbocycles. The van der Waals surface area contributed by atoms with Crippen molar-refractivity contribution in [1.82, 2.24) is 5.32 Å². The number of halogens is 1. The molecule has 21 heavy (non-hydrogen) atoms. The zero-order chi connectivity index (χ0) is 14.9. The van der Waals surface area contributed by atoms with E-state index in [9.17, 15) is 0 Å². The molecule has 0 spiro atoms. The summed E-state index contributed by atoms with van der Waals surface area (Å²) in [6.45, 7) is 4.31. The van der Waals surface area contributed by atoms with Crippen molar-refractivity contribution >= 4 is 22.6 Å². The normalized spacial score (nSPS) is 20.4. The van der Waals surface area contributed by atoms with E-state index in [0.29, 0.717) is 12.1 Å². The molecule has 0 saturated carbocycles. The third kappa shape index (κ3) is 6.66. The summed E-state index contributed by atoms with van der Waals surface area (Å²) in [6, 6.07) is 9.52. The van der Waals surface area contributed by atoms with Crippen LogP contribution in [0.5, 0.6) is 0 Å². The second kappa shape index (κ2) is 9.80. The topological polar surface area (TPSA) is 21.3 Å². The van der Waals surface area contributed by atoms with Crippen LogP contribution in [0.15, 0.2) is 24.3 Å². The van der Waals surface area contributed by atoms with Crippen LogP contribution >= 0.6 is 22.6 Å². The predicted octanol–water partition coefficient (Wildman–Crippen LogP) is 4.55. The van der Waals surface area contributed by atoms with Gasteiger partial charge >= 0.3 is 0 Å². The SMILES string of the molecule is CCCNC(CCC1CCCCO1)Cc1ccc(I)cc1. The molecule has 1 N–H and O–H groups in total. The first-order valence-corrected chi connectivity index (χ1v) is 9.45. The van der Waals surface area contributed by atoms with Crippen LogP contribution in [0.25, 0.3) is 0 Å². The summed E-state index contributed by atoms with van der Waals surface area (Å²) in [5.74, 6) is 0. The fraction of sp³-hybridized carbons (Fsp3) is 0.667. The van der Waals surface area contributed by atoms with E-state index in [-0.39, 0.29) is 0 Å². The number of ether oxygens (including phenoxy) is 1. The van der Waals surface area contributed by atoms with E-state index in [2.05, 4.69) is 59.1 Å². The summed E-state index contributed by atoms with van der Waals surface area (Å²) in [5, 5.41) is 3.71. The summed E-state index contributed by atoms with van der Waals surface area (Å²) in [5.41, 5.74) is 1.44. The van der Waals surface area contributed by atoms with E-state index in [4.69, 9.17) is 4.74 Å². The third-order valence-corrected chi connectivity index (χ3v) is 4.91. The number of nitrogens with one attached hydrogen (secondary N) is 1.